The topological polar surface area (TPSA) is 79.5 Å². The SMILES string of the molecule is O=C1NCC(Cc2ccco2)C(=O)C1O. The van der Waals surface area contributed by atoms with Gasteiger partial charge in [-0.25, -0.2) is 0 Å². The van der Waals surface area contributed by atoms with Gasteiger partial charge in [-0.2, -0.15) is 0 Å². The minimum Gasteiger partial charge on any atom is -0.469 e. The highest BCUT2D eigenvalue weighted by Gasteiger charge is 2.35. The predicted molar refractivity (Wildman–Crippen MR) is 49.9 cm³/mol. The smallest absolute Gasteiger partial charge is 0.256 e. The molecule has 0 aliphatic carbocycles. The molecule has 1 fully saturated rings. The minimum atomic E-state index is -1.53. The molecule has 1 aromatic rings. The molecular weight excluding hydrogens is 198 g/mol. The van der Waals surface area contributed by atoms with Gasteiger partial charge >= 0.3 is 0 Å². The third-order valence-corrected chi connectivity index (χ3v) is 2.47. The number of nitrogens with one attached hydrogen (secondary N) is 1. The molecule has 2 N–H and O–H groups in total. The molecule has 2 heterocycles. The predicted octanol–water partition coefficient (Wildman–Crippen LogP) is -0.502. The second-order valence-electron chi connectivity index (χ2n) is 3.53. The molecule has 2 rings (SSSR count). The summed E-state index contributed by atoms with van der Waals surface area (Å²) in [5.41, 5.74) is 0. The Hall–Kier alpha value is -1.62. The van der Waals surface area contributed by atoms with Crippen LogP contribution < -0.4 is 5.32 Å². The zero-order valence-electron chi connectivity index (χ0n) is 7.97. The number of hydrogen-bond donors (Lipinski definition) is 2. The van der Waals surface area contributed by atoms with Gasteiger partial charge in [-0.3, -0.25) is 9.59 Å². The number of aliphatic hydroxyl groups excluding tert-OH is 1. The van der Waals surface area contributed by atoms with Crippen molar-refractivity contribution >= 4 is 11.7 Å². The fraction of sp³-hybridized carbons (Fsp3) is 0.400. The summed E-state index contributed by atoms with van der Waals surface area (Å²) in [7, 11) is 0. The third-order valence-electron chi connectivity index (χ3n) is 2.47. The van der Waals surface area contributed by atoms with E-state index in [1.807, 2.05) is 0 Å². The third kappa shape index (κ3) is 1.92. The molecule has 1 aliphatic heterocycles. The maximum absolute atomic E-state index is 11.5. The second kappa shape index (κ2) is 3.86. The lowest BCUT2D eigenvalue weighted by Crippen LogP contribution is -2.52. The van der Waals surface area contributed by atoms with Crippen molar-refractivity contribution in [1.82, 2.24) is 5.32 Å². The Morgan fingerprint density at radius 3 is 3.00 bits per heavy atom. The minimum absolute atomic E-state index is 0.259. The van der Waals surface area contributed by atoms with Crippen molar-refractivity contribution in [1.29, 1.82) is 0 Å². The fourth-order valence-electron chi connectivity index (χ4n) is 1.62. The molecule has 1 aromatic heterocycles. The summed E-state index contributed by atoms with van der Waals surface area (Å²) in [6, 6.07) is 3.49. The van der Waals surface area contributed by atoms with E-state index in [1.54, 1.807) is 12.1 Å². The summed E-state index contributed by atoms with van der Waals surface area (Å²) in [4.78, 5) is 22.5. The maximum Gasteiger partial charge on any atom is 0.256 e. The van der Waals surface area contributed by atoms with Gasteiger partial charge in [0.05, 0.1) is 6.26 Å². The summed E-state index contributed by atoms with van der Waals surface area (Å²) in [5, 5.41) is 11.7. The number of hydrogen-bond acceptors (Lipinski definition) is 4. The number of carbonyl (C=O) groups excluding carboxylic acids is 2. The zero-order chi connectivity index (χ0) is 10.8. The molecule has 1 aliphatic rings. The normalized spacial score (nSPS) is 26.5. The number of rotatable bonds is 2. The highest BCUT2D eigenvalue weighted by molar-refractivity contribution is 6.07. The summed E-state index contributed by atoms with van der Waals surface area (Å²) < 4.78 is 5.10. The summed E-state index contributed by atoms with van der Waals surface area (Å²) in [6.07, 6.45) is 0.402. The van der Waals surface area contributed by atoms with E-state index >= 15 is 0 Å². The van der Waals surface area contributed by atoms with E-state index in [4.69, 9.17) is 4.42 Å². The fourth-order valence-corrected chi connectivity index (χ4v) is 1.62. The number of piperidine rings is 1. The average Bonchev–Trinajstić information content (AvgIpc) is 2.72. The van der Waals surface area contributed by atoms with Gasteiger partial charge in [-0.15, -0.1) is 0 Å². The van der Waals surface area contributed by atoms with Crippen LogP contribution >= 0.6 is 0 Å². The number of ketones is 1. The molecule has 0 aromatic carbocycles. The molecule has 0 radical (unpaired) electrons. The Morgan fingerprint density at radius 1 is 1.53 bits per heavy atom. The number of furan rings is 1. The van der Waals surface area contributed by atoms with Crippen molar-refractivity contribution < 1.29 is 19.1 Å². The van der Waals surface area contributed by atoms with Crippen molar-refractivity contribution in [3.05, 3.63) is 24.2 Å². The van der Waals surface area contributed by atoms with Gasteiger partial charge in [0.1, 0.15) is 5.76 Å². The van der Waals surface area contributed by atoms with E-state index in [-0.39, 0.29) is 6.54 Å². The Kier molecular flexibility index (Phi) is 2.55. The molecule has 1 amide bonds. The number of aliphatic hydroxyl groups is 1. The highest BCUT2D eigenvalue weighted by Crippen LogP contribution is 2.14. The summed E-state index contributed by atoms with van der Waals surface area (Å²) in [6.45, 7) is 0.259. The van der Waals surface area contributed by atoms with Gasteiger partial charge in [0.15, 0.2) is 11.9 Å². The first-order valence-electron chi connectivity index (χ1n) is 4.70. The largest absolute Gasteiger partial charge is 0.469 e. The standard InChI is InChI=1S/C10H11NO4/c12-8-6(4-7-2-1-3-15-7)5-11-10(14)9(8)13/h1-3,6,9,13H,4-5H2,(H,11,14). The molecule has 0 bridgehead atoms. The lowest BCUT2D eigenvalue weighted by atomic mass is 9.91. The van der Waals surface area contributed by atoms with Crippen LogP contribution in [-0.2, 0) is 16.0 Å². The highest BCUT2D eigenvalue weighted by atomic mass is 16.3. The van der Waals surface area contributed by atoms with E-state index in [1.165, 1.54) is 6.26 Å². The molecule has 1 saturated heterocycles. The Bertz CT molecular complexity index is 371. The quantitative estimate of drug-likeness (QED) is 0.643. The molecular formula is C10H11NO4. The van der Waals surface area contributed by atoms with Crippen molar-refractivity contribution in [3.8, 4) is 0 Å². The molecule has 15 heavy (non-hydrogen) atoms. The van der Waals surface area contributed by atoms with Crippen LogP contribution in [0.1, 0.15) is 5.76 Å². The monoisotopic (exact) mass is 209 g/mol. The van der Waals surface area contributed by atoms with Crippen LogP contribution in [0.4, 0.5) is 0 Å². The molecule has 2 unspecified atom stereocenters. The van der Waals surface area contributed by atoms with Crippen molar-refractivity contribution in [2.24, 2.45) is 5.92 Å². The van der Waals surface area contributed by atoms with Gasteiger partial charge in [-0.05, 0) is 12.1 Å². The zero-order valence-corrected chi connectivity index (χ0v) is 7.97. The number of amides is 1. The Morgan fingerprint density at radius 2 is 2.33 bits per heavy atom. The molecule has 80 valence electrons. The Labute approximate surface area is 86.1 Å². The number of carbonyl (C=O) groups is 2. The van der Waals surface area contributed by atoms with Gasteiger partial charge in [0.2, 0.25) is 0 Å². The lowest BCUT2D eigenvalue weighted by molar-refractivity contribution is -0.145. The van der Waals surface area contributed by atoms with Gasteiger partial charge in [-0.1, -0.05) is 0 Å². The van der Waals surface area contributed by atoms with Crippen LogP contribution in [0.2, 0.25) is 0 Å². The summed E-state index contributed by atoms with van der Waals surface area (Å²) in [5.74, 6) is -0.772. The van der Waals surface area contributed by atoms with Crippen LogP contribution in [0, 0.1) is 5.92 Å². The van der Waals surface area contributed by atoms with Gasteiger partial charge < -0.3 is 14.8 Å². The van der Waals surface area contributed by atoms with Crippen LogP contribution in [0.25, 0.3) is 0 Å². The van der Waals surface area contributed by atoms with E-state index in [9.17, 15) is 14.7 Å². The van der Waals surface area contributed by atoms with E-state index < -0.39 is 23.7 Å². The first-order chi connectivity index (χ1) is 7.18. The molecule has 0 spiro atoms. The summed E-state index contributed by atoms with van der Waals surface area (Å²) >= 11 is 0. The van der Waals surface area contributed by atoms with E-state index in [0.29, 0.717) is 12.2 Å². The molecule has 5 heteroatoms. The molecule has 0 saturated carbocycles. The average molecular weight is 209 g/mol. The van der Waals surface area contributed by atoms with Crippen LogP contribution in [0.5, 0.6) is 0 Å². The van der Waals surface area contributed by atoms with Crippen LogP contribution in [0.3, 0.4) is 0 Å². The van der Waals surface area contributed by atoms with Crippen molar-refractivity contribution in [2.45, 2.75) is 12.5 Å². The van der Waals surface area contributed by atoms with E-state index in [2.05, 4.69) is 5.32 Å². The first-order valence-corrected chi connectivity index (χ1v) is 4.70. The maximum atomic E-state index is 11.5. The van der Waals surface area contributed by atoms with Crippen molar-refractivity contribution in [2.75, 3.05) is 6.54 Å². The second-order valence-corrected chi connectivity index (χ2v) is 3.53. The Balaban J connectivity index is 2.05. The van der Waals surface area contributed by atoms with Gasteiger partial charge in [0.25, 0.3) is 5.91 Å². The lowest BCUT2D eigenvalue weighted by Gasteiger charge is -2.24. The van der Waals surface area contributed by atoms with Crippen molar-refractivity contribution in [3.63, 3.8) is 0 Å². The first kappa shape index (κ1) is 9.92. The number of Topliss-reactive ketones (excluding diaryl/α,β-unsaturated/α-hetero) is 1. The van der Waals surface area contributed by atoms with E-state index in [0.717, 1.165) is 0 Å². The molecule has 5 nitrogen and oxygen atoms in total. The van der Waals surface area contributed by atoms with Crippen LogP contribution in [-0.4, -0.2) is 29.4 Å². The van der Waals surface area contributed by atoms with Gasteiger partial charge in [0, 0.05) is 18.9 Å². The van der Waals surface area contributed by atoms with Crippen LogP contribution in [0.15, 0.2) is 22.8 Å². The molecule has 2 atom stereocenters.